The molecule has 0 saturated heterocycles. The average molecular weight is 372 g/mol. The van der Waals surface area contributed by atoms with E-state index in [1.54, 1.807) is 0 Å². The number of aryl methyl sites for hydroxylation is 2. The second kappa shape index (κ2) is 6.44. The van der Waals surface area contributed by atoms with E-state index in [1.165, 1.54) is 64.6 Å². The number of hydrogen-bond acceptors (Lipinski definition) is 0. The third-order valence-electron chi connectivity index (χ3n) is 7.69. The highest BCUT2D eigenvalue weighted by atomic mass is 14.9. The topological polar surface area (TPSA) is 3.88 Å². The smallest absolute Gasteiger partial charge is 0.198 e. The van der Waals surface area contributed by atoms with Gasteiger partial charge >= 0.3 is 0 Å². The van der Waals surface area contributed by atoms with Crippen molar-refractivity contribution in [3.8, 4) is 11.3 Å². The minimum atomic E-state index is 0.679. The Kier molecular flexibility index (Phi) is 3.86. The van der Waals surface area contributed by atoms with E-state index in [0.717, 1.165) is 22.9 Å². The first-order chi connectivity index (χ1) is 13.8. The van der Waals surface area contributed by atoms with E-state index >= 15 is 0 Å². The Morgan fingerprint density at radius 1 is 1.00 bits per heavy atom. The molecule has 0 radical (unpaired) electrons. The van der Waals surface area contributed by atoms with Crippen molar-refractivity contribution in [3.05, 3.63) is 64.3 Å². The molecule has 3 atom stereocenters. The van der Waals surface area contributed by atoms with Crippen molar-refractivity contribution >= 4 is 10.8 Å². The van der Waals surface area contributed by atoms with Gasteiger partial charge in [-0.25, -0.2) is 0 Å². The summed E-state index contributed by atoms with van der Waals surface area (Å²) in [6.07, 6.45) is 5.61. The summed E-state index contributed by atoms with van der Waals surface area (Å²) in [6, 6.07) is 12.3. The highest BCUT2D eigenvalue weighted by Crippen LogP contribution is 2.53. The molecule has 1 heteroatoms. The maximum absolute atomic E-state index is 8.88. The minimum Gasteiger partial charge on any atom is -0.198 e. The van der Waals surface area contributed by atoms with Gasteiger partial charge in [0.2, 0.25) is 5.69 Å². The fourth-order valence-corrected chi connectivity index (χ4v) is 5.99. The van der Waals surface area contributed by atoms with Gasteiger partial charge in [-0.2, -0.15) is 4.57 Å². The first-order valence-electron chi connectivity index (χ1n) is 11.4. The summed E-state index contributed by atoms with van der Waals surface area (Å²) in [5, 5.41) is 2.33. The van der Waals surface area contributed by atoms with Crippen LogP contribution in [0.15, 0.2) is 36.4 Å². The Labute approximate surface area is 170 Å². The molecule has 3 aromatic rings. The van der Waals surface area contributed by atoms with Crippen LogP contribution in [0.25, 0.3) is 22.0 Å². The Morgan fingerprint density at radius 2 is 1.82 bits per heavy atom. The van der Waals surface area contributed by atoms with Crippen LogP contribution in [0.3, 0.4) is 0 Å². The van der Waals surface area contributed by atoms with Crippen LogP contribution in [0.4, 0.5) is 0 Å². The predicted octanol–water partition coefficient (Wildman–Crippen LogP) is 6.47. The molecular weight excluding hydrogens is 338 g/mol. The second-order valence-corrected chi connectivity index (χ2v) is 9.46. The molecule has 5 rings (SSSR count). The Balaban J connectivity index is 1.75. The van der Waals surface area contributed by atoms with Crippen molar-refractivity contribution in [3.63, 3.8) is 0 Å². The molecule has 2 fully saturated rings. The van der Waals surface area contributed by atoms with Crippen LogP contribution in [0.2, 0.25) is 0 Å². The number of hydrogen-bond donors (Lipinski definition) is 0. The van der Waals surface area contributed by atoms with E-state index in [4.69, 9.17) is 1.37 Å². The third kappa shape index (κ3) is 2.70. The number of rotatable bonds is 2. The normalized spacial score (nSPS) is 24.2. The van der Waals surface area contributed by atoms with Crippen molar-refractivity contribution < 1.29 is 5.94 Å². The molecule has 2 aliphatic carbocycles. The van der Waals surface area contributed by atoms with Gasteiger partial charge in [0.25, 0.3) is 0 Å². The SMILES string of the molecule is [2H]c1c(C)[n+](C)c(-c2cc(C)cc(C)c2C)c2ccc(C3CC4CCC3C4)cc12. The quantitative estimate of drug-likeness (QED) is 0.455. The lowest BCUT2D eigenvalue weighted by Crippen LogP contribution is -2.35. The molecule has 0 amide bonds. The molecule has 2 aliphatic rings. The fraction of sp³-hybridized carbons (Fsp3) is 0.444. The third-order valence-corrected chi connectivity index (χ3v) is 7.69. The summed E-state index contributed by atoms with van der Waals surface area (Å²) in [6.45, 7) is 8.70. The van der Waals surface area contributed by atoms with Gasteiger partial charge in [-0.3, -0.25) is 0 Å². The molecule has 2 bridgehead atoms. The van der Waals surface area contributed by atoms with Crippen LogP contribution in [-0.4, -0.2) is 0 Å². The van der Waals surface area contributed by atoms with E-state index in [2.05, 4.69) is 69.6 Å². The van der Waals surface area contributed by atoms with E-state index in [9.17, 15) is 0 Å². The molecule has 28 heavy (non-hydrogen) atoms. The summed E-state index contributed by atoms with van der Waals surface area (Å²) >= 11 is 0. The van der Waals surface area contributed by atoms with Gasteiger partial charge < -0.3 is 0 Å². The molecule has 1 nitrogen and oxygen atoms in total. The van der Waals surface area contributed by atoms with Crippen molar-refractivity contribution in [1.82, 2.24) is 0 Å². The summed E-state index contributed by atoms with van der Waals surface area (Å²) in [7, 11) is 2.11. The fourth-order valence-electron chi connectivity index (χ4n) is 5.99. The average Bonchev–Trinajstić information content (AvgIpc) is 3.33. The molecule has 2 saturated carbocycles. The first kappa shape index (κ1) is 16.8. The Bertz CT molecular complexity index is 1140. The van der Waals surface area contributed by atoms with E-state index in [0.29, 0.717) is 12.0 Å². The highest BCUT2D eigenvalue weighted by molar-refractivity contribution is 5.94. The Morgan fingerprint density at radius 3 is 2.54 bits per heavy atom. The van der Waals surface area contributed by atoms with Crippen molar-refractivity contribution in [2.75, 3.05) is 0 Å². The number of fused-ring (bicyclic) bond motifs is 3. The predicted molar refractivity (Wildman–Crippen MR) is 118 cm³/mol. The van der Waals surface area contributed by atoms with Gasteiger partial charge in [0.05, 0.1) is 12.3 Å². The van der Waals surface area contributed by atoms with Crippen LogP contribution >= 0.6 is 0 Å². The molecular formula is C27H32N+. The highest BCUT2D eigenvalue weighted by Gasteiger charge is 2.40. The number of aromatic nitrogens is 1. The molecule has 1 aromatic heterocycles. The monoisotopic (exact) mass is 371 g/mol. The van der Waals surface area contributed by atoms with E-state index in [1.807, 2.05) is 0 Å². The zero-order chi connectivity index (χ0) is 20.4. The van der Waals surface area contributed by atoms with Gasteiger partial charge in [-0.05, 0) is 92.0 Å². The van der Waals surface area contributed by atoms with E-state index < -0.39 is 0 Å². The minimum absolute atomic E-state index is 0.679. The van der Waals surface area contributed by atoms with Crippen LogP contribution in [0.5, 0.6) is 0 Å². The van der Waals surface area contributed by atoms with Gasteiger partial charge in [0, 0.05) is 13.0 Å². The zero-order valence-electron chi connectivity index (χ0n) is 18.9. The number of pyridine rings is 1. The van der Waals surface area contributed by atoms with Crippen LogP contribution in [0, 0.1) is 39.5 Å². The van der Waals surface area contributed by atoms with Gasteiger partial charge in [0.1, 0.15) is 7.05 Å². The summed E-state index contributed by atoms with van der Waals surface area (Å²) < 4.78 is 11.1. The van der Waals surface area contributed by atoms with Crippen molar-refractivity contribution in [2.24, 2.45) is 18.9 Å². The van der Waals surface area contributed by atoms with Gasteiger partial charge in [-0.15, -0.1) is 0 Å². The van der Waals surface area contributed by atoms with Crippen molar-refractivity contribution in [2.45, 2.75) is 59.3 Å². The second-order valence-electron chi connectivity index (χ2n) is 9.46. The van der Waals surface area contributed by atoms with Crippen LogP contribution < -0.4 is 4.57 Å². The maximum Gasteiger partial charge on any atom is 0.220 e. The molecule has 144 valence electrons. The zero-order valence-corrected chi connectivity index (χ0v) is 17.9. The first-order valence-corrected chi connectivity index (χ1v) is 10.9. The van der Waals surface area contributed by atoms with Crippen molar-refractivity contribution in [1.29, 1.82) is 0 Å². The standard InChI is InChI=1S/C27H32N/c1-16-10-17(2)19(4)25(11-16)27-24-9-8-22(15-23(24)12-18(3)28(27)5)26-14-20-6-7-21(26)13-20/h8-12,15,20-21,26H,6-7,13-14H2,1-5H3/q+1/i12D. The lowest BCUT2D eigenvalue weighted by atomic mass is 9.82. The van der Waals surface area contributed by atoms with Gasteiger partial charge in [0.15, 0.2) is 5.69 Å². The van der Waals surface area contributed by atoms with Crippen LogP contribution in [-0.2, 0) is 7.05 Å². The maximum atomic E-state index is 8.88. The van der Waals surface area contributed by atoms with E-state index in [-0.39, 0.29) is 0 Å². The lowest BCUT2D eigenvalue weighted by Gasteiger charge is -2.22. The molecule has 0 aliphatic heterocycles. The van der Waals surface area contributed by atoms with Gasteiger partial charge in [-0.1, -0.05) is 30.2 Å². The summed E-state index contributed by atoms with van der Waals surface area (Å²) in [5.41, 5.74) is 9.01. The molecule has 1 heterocycles. The summed E-state index contributed by atoms with van der Waals surface area (Å²) in [4.78, 5) is 0. The molecule has 2 aromatic carbocycles. The number of benzene rings is 2. The largest absolute Gasteiger partial charge is 0.220 e. The molecule has 0 N–H and O–H groups in total. The Hall–Kier alpha value is -2.15. The number of nitrogens with zero attached hydrogens (tertiary/aromatic N) is 1. The van der Waals surface area contributed by atoms with Crippen LogP contribution in [0.1, 0.15) is 60.9 Å². The lowest BCUT2D eigenvalue weighted by molar-refractivity contribution is -0.665. The summed E-state index contributed by atoms with van der Waals surface area (Å²) in [5.74, 6) is 2.52. The molecule has 3 unspecified atom stereocenters. The molecule has 0 spiro atoms.